The Hall–Kier alpha value is -0.0831. The lowest BCUT2D eigenvalue weighted by Crippen LogP contribution is -2.20. The average Bonchev–Trinajstić information content (AvgIpc) is 2.00. The molecule has 2 unspecified atom stereocenters. The van der Waals surface area contributed by atoms with Crippen LogP contribution in [0, 0.1) is 11.8 Å². The van der Waals surface area contributed by atoms with Crippen molar-refractivity contribution in [2.75, 3.05) is 0 Å². The molecule has 0 fully saturated rings. The summed E-state index contributed by atoms with van der Waals surface area (Å²) in [5.74, 6) is 1.07. The first-order valence-corrected chi connectivity index (χ1v) is 5.03. The molecular formula is C9H20OSi. The predicted octanol–water partition coefficient (Wildman–Crippen LogP) is 1.52. The fraction of sp³-hybridized carbons (Fsp3) is 0.778. The third-order valence-electron chi connectivity index (χ3n) is 2.40. The molecule has 0 saturated carbocycles. The van der Waals surface area contributed by atoms with Gasteiger partial charge in [-0.05, 0) is 12.8 Å². The third-order valence-corrected chi connectivity index (χ3v) is 3.15. The maximum atomic E-state index is 5.36. The van der Waals surface area contributed by atoms with Gasteiger partial charge in [-0.15, -0.1) is 0 Å². The van der Waals surface area contributed by atoms with E-state index in [0.717, 1.165) is 10.5 Å². The van der Waals surface area contributed by atoms with Crippen molar-refractivity contribution < 1.29 is 4.43 Å². The summed E-state index contributed by atoms with van der Waals surface area (Å²) in [6.07, 6.45) is 0.344. The van der Waals surface area contributed by atoms with Crippen LogP contribution in [0.2, 0.25) is 0 Å². The Labute approximate surface area is 73.4 Å². The van der Waals surface area contributed by atoms with Crippen LogP contribution in [0.5, 0.6) is 0 Å². The first-order valence-electron chi connectivity index (χ1n) is 4.22. The molecule has 0 aliphatic carbocycles. The number of hydrogen-bond acceptors (Lipinski definition) is 1. The molecule has 0 aliphatic rings. The van der Waals surface area contributed by atoms with Crippen LogP contribution in [0.1, 0.15) is 27.7 Å². The molecule has 0 radical (unpaired) electrons. The molecule has 0 aromatic carbocycles. The lowest BCUT2D eigenvalue weighted by atomic mass is 9.89. The Balaban J connectivity index is 4.02. The molecule has 0 bridgehead atoms. The normalized spacial score (nSPS) is 16.8. The van der Waals surface area contributed by atoms with E-state index in [0.29, 0.717) is 17.9 Å². The van der Waals surface area contributed by atoms with Gasteiger partial charge in [0.05, 0.1) is 0 Å². The molecule has 2 heteroatoms. The average molecular weight is 172 g/mol. The topological polar surface area (TPSA) is 9.23 Å². The van der Waals surface area contributed by atoms with E-state index in [9.17, 15) is 0 Å². The van der Waals surface area contributed by atoms with Crippen molar-refractivity contribution in [2.24, 2.45) is 11.8 Å². The lowest BCUT2D eigenvalue weighted by molar-refractivity contribution is 0.190. The highest BCUT2D eigenvalue weighted by molar-refractivity contribution is 5.98. The van der Waals surface area contributed by atoms with Crippen molar-refractivity contribution in [1.29, 1.82) is 0 Å². The molecule has 0 aromatic rings. The van der Waals surface area contributed by atoms with E-state index in [1.165, 1.54) is 5.57 Å². The van der Waals surface area contributed by atoms with E-state index in [2.05, 4.69) is 34.3 Å². The minimum atomic E-state index is 0.344. The second-order valence-corrected chi connectivity index (χ2v) is 3.93. The zero-order valence-corrected chi connectivity index (χ0v) is 10.3. The Morgan fingerprint density at radius 3 is 2.00 bits per heavy atom. The van der Waals surface area contributed by atoms with Gasteiger partial charge in [0.2, 0.25) is 0 Å². The summed E-state index contributed by atoms with van der Waals surface area (Å²) in [6, 6.07) is 0. The monoisotopic (exact) mass is 172 g/mol. The quantitative estimate of drug-likeness (QED) is 0.461. The van der Waals surface area contributed by atoms with Gasteiger partial charge in [0.15, 0.2) is 0 Å². The van der Waals surface area contributed by atoms with Crippen molar-refractivity contribution in [1.82, 2.24) is 0 Å². The van der Waals surface area contributed by atoms with Gasteiger partial charge in [-0.2, -0.15) is 0 Å². The Morgan fingerprint density at radius 2 is 1.73 bits per heavy atom. The maximum Gasteiger partial charge on any atom is 0.146 e. The van der Waals surface area contributed by atoms with Gasteiger partial charge in [-0.1, -0.05) is 32.9 Å². The molecule has 0 aliphatic heterocycles. The van der Waals surface area contributed by atoms with Crippen LogP contribution in [0.15, 0.2) is 12.2 Å². The van der Waals surface area contributed by atoms with Crippen molar-refractivity contribution >= 4 is 10.5 Å². The summed E-state index contributed by atoms with van der Waals surface area (Å²) in [5.41, 5.74) is 1.30. The standard InChI is InChI=1S/C9H20OSi/c1-6(2)7(3)8(4)9(5)10-11/h6,8-9H,3H2,1-2,4-5,11H3. The molecule has 1 nitrogen and oxygen atoms in total. The number of hydrogen-bond donors (Lipinski definition) is 0. The first kappa shape index (κ1) is 10.9. The van der Waals surface area contributed by atoms with Crippen LogP contribution >= 0.6 is 0 Å². The second-order valence-electron chi connectivity index (χ2n) is 3.46. The maximum absolute atomic E-state index is 5.36. The highest BCUT2D eigenvalue weighted by Crippen LogP contribution is 2.21. The predicted molar refractivity (Wildman–Crippen MR) is 53.6 cm³/mol. The van der Waals surface area contributed by atoms with E-state index in [1.54, 1.807) is 0 Å². The molecule has 0 rings (SSSR count). The largest absolute Gasteiger partial charge is 0.425 e. The molecule has 11 heavy (non-hydrogen) atoms. The SMILES string of the molecule is C=C(C(C)C)C(C)C(C)O[SiH3]. The van der Waals surface area contributed by atoms with E-state index in [1.807, 2.05) is 0 Å². The summed E-state index contributed by atoms with van der Waals surface area (Å²) in [5, 5.41) is 0. The fourth-order valence-electron chi connectivity index (χ4n) is 1.03. The zero-order chi connectivity index (χ0) is 9.02. The molecule has 0 saturated heterocycles. The van der Waals surface area contributed by atoms with Crippen LogP contribution in [-0.4, -0.2) is 16.6 Å². The molecule has 0 N–H and O–H groups in total. The smallest absolute Gasteiger partial charge is 0.146 e. The minimum Gasteiger partial charge on any atom is -0.425 e. The summed E-state index contributed by atoms with van der Waals surface area (Å²) in [4.78, 5) is 0. The lowest BCUT2D eigenvalue weighted by Gasteiger charge is -2.23. The van der Waals surface area contributed by atoms with Crippen molar-refractivity contribution in [3.05, 3.63) is 12.2 Å². The zero-order valence-electron chi connectivity index (χ0n) is 8.35. The van der Waals surface area contributed by atoms with Crippen molar-refractivity contribution in [2.45, 2.75) is 33.8 Å². The molecule has 66 valence electrons. The van der Waals surface area contributed by atoms with Crippen LogP contribution < -0.4 is 0 Å². The third kappa shape index (κ3) is 3.21. The van der Waals surface area contributed by atoms with Gasteiger partial charge >= 0.3 is 0 Å². The molecule has 0 heterocycles. The van der Waals surface area contributed by atoms with Gasteiger partial charge in [0.1, 0.15) is 10.5 Å². The Morgan fingerprint density at radius 1 is 1.27 bits per heavy atom. The van der Waals surface area contributed by atoms with Crippen molar-refractivity contribution in [3.63, 3.8) is 0 Å². The summed E-state index contributed by atoms with van der Waals surface area (Å²) in [6.45, 7) is 12.7. The van der Waals surface area contributed by atoms with E-state index >= 15 is 0 Å². The molecule has 0 spiro atoms. The number of rotatable bonds is 4. The van der Waals surface area contributed by atoms with Gasteiger partial charge in [0, 0.05) is 12.0 Å². The summed E-state index contributed by atoms with van der Waals surface area (Å²) < 4.78 is 5.36. The molecular weight excluding hydrogens is 152 g/mol. The second kappa shape index (κ2) is 4.73. The molecule has 2 atom stereocenters. The Bertz CT molecular complexity index is 132. The highest BCUT2D eigenvalue weighted by atomic mass is 28.2. The summed E-state index contributed by atoms with van der Waals surface area (Å²) >= 11 is 0. The first-order chi connectivity index (χ1) is 5.00. The molecule has 0 aromatic heterocycles. The van der Waals surface area contributed by atoms with Gasteiger partial charge in [-0.25, -0.2) is 0 Å². The van der Waals surface area contributed by atoms with Gasteiger partial charge in [0.25, 0.3) is 0 Å². The van der Waals surface area contributed by atoms with Gasteiger partial charge in [-0.3, -0.25) is 0 Å². The van der Waals surface area contributed by atoms with Gasteiger partial charge < -0.3 is 4.43 Å². The Kier molecular flexibility index (Phi) is 4.69. The fourth-order valence-corrected chi connectivity index (χ4v) is 1.44. The van der Waals surface area contributed by atoms with Crippen LogP contribution in [0.3, 0.4) is 0 Å². The van der Waals surface area contributed by atoms with Crippen molar-refractivity contribution in [3.8, 4) is 0 Å². The van der Waals surface area contributed by atoms with E-state index in [-0.39, 0.29) is 0 Å². The molecule has 0 amide bonds. The minimum absolute atomic E-state index is 0.344. The van der Waals surface area contributed by atoms with E-state index in [4.69, 9.17) is 4.43 Å². The highest BCUT2D eigenvalue weighted by Gasteiger charge is 2.15. The van der Waals surface area contributed by atoms with Crippen LogP contribution in [-0.2, 0) is 4.43 Å². The summed E-state index contributed by atoms with van der Waals surface area (Å²) in [7, 11) is 0.821. The van der Waals surface area contributed by atoms with Crippen LogP contribution in [0.4, 0.5) is 0 Å². The van der Waals surface area contributed by atoms with E-state index < -0.39 is 0 Å². The van der Waals surface area contributed by atoms with Crippen LogP contribution in [0.25, 0.3) is 0 Å².